The van der Waals surface area contributed by atoms with E-state index in [1.807, 2.05) is 17.0 Å². The monoisotopic (exact) mass is 380 g/mol. The number of carbonyl (C=O) groups is 3. The van der Waals surface area contributed by atoms with Gasteiger partial charge in [-0.2, -0.15) is 0 Å². The summed E-state index contributed by atoms with van der Waals surface area (Å²) in [7, 11) is 0. The second-order valence-electron chi connectivity index (χ2n) is 6.24. The molecule has 0 saturated carbocycles. The number of halogens is 1. The molecule has 1 aromatic carbocycles. The van der Waals surface area contributed by atoms with Crippen molar-refractivity contribution in [3.8, 4) is 0 Å². The molecular weight excluding hydrogens is 356 g/mol. The number of imide groups is 1. The minimum absolute atomic E-state index is 0.0615. The van der Waals surface area contributed by atoms with E-state index in [1.54, 1.807) is 30.9 Å². The molecule has 1 unspecified atom stereocenters. The van der Waals surface area contributed by atoms with Gasteiger partial charge in [0.15, 0.2) is 0 Å². The van der Waals surface area contributed by atoms with Gasteiger partial charge >= 0.3 is 6.03 Å². The minimum Gasteiger partial charge on any atom is -0.340 e. The standard InChI is InChI=1S/C18H25ClN4O3/c1-3-20-18(26)21-17(25)13(2)22-8-10-23(11-9-22)16(24)12-14-4-6-15(19)7-5-14/h4-7,13H,3,8-12H2,1-2H3,(H2,20,21,25,26). The third kappa shape index (κ3) is 5.71. The number of urea groups is 1. The van der Waals surface area contributed by atoms with Crippen molar-refractivity contribution in [2.24, 2.45) is 0 Å². The second kappa shape index (κ2) is 9.54. The smallest absolute Gasteiger partial charge is 0.321 e. The lowest BCUT2D eigenvalue weighted by atomic mass is 10.1. The van der Waals surface area contributed by atoms with E-state index >= 15 is 0 Å². The maximum atomic E-state index is 12.4. The highest BCUT2D eigenvalue weighted by molar-refractivity contribution is 6.30. The molecule has 0 bridgehead atoms. The van der Waals surface area contributed by atoms with E-state index in [-0.39, 0.29) is 11.8 Å². The summed E-state index contributed by atoms with van der Waals surface area (Å²) < 4.78 is 0. The van der Waals surface area contributed by atoms with Gasteiger partial charge in [-0.05, 0) is 31.5 Å². The topological polar surface area (TPSA) is 81.8 Å². The molecule has 0 aromatic heterocycles. The van der Waals surface area contributed by atoms with Gasteiger partial charge in [-0.3, -0.25) is 19.8 Å². The average molecular weight is 381 g/mol. The van der Waals surface area contributed by atoms with E-state index < -0.39 is 12.1 Å². The van der Waals surface area contributed by atoms with Crippen LogP contribution in [0.3, 0.4) is 0 Å². The van der Waals surface area contributed by atoms with Gasteiger partial charge in [0, 0.05) is 37.7 Å². The highest BCUT2D eigenvalue weighted by atomic mass is 35.5. The predicted octanol–water partition coefficient (Wildman–Crippen LogP) is 1.26. The minimum atomic E-state index is -0.485. The summed E-state index contributed by atoms with van der Waals surface area (Å²) in [6.07, 6.45) is 0.338. The SMILES string of the molecule is CCNC(=O)NC(=O)C(C)N1CCN(C(=O)Cc2ccc(Cl)cc2)CC1. The van der Waals surface area contributed by atoms with E-state index in [2.05, 4.69) is 10.6 Å². The van der Waals surface area contributed by atoms with Gasteiger partial charge < -0.3 is 10.2 Å². The van der Waals surface area contributed by atoms with Crippen LogP contribution >= 0.6 is 11.6 Å². The number of amides is 4. The fourth-order valence-corrected chi connectivity index (χ4v) is 2.96. The lowest BCUT2D eigenvalue weighted by Crippen LogP contribution is -2.56. The summed E-state index contributed by atoms with van der Waals surface area (Å²) in [5.74, 6) is -0.275. The first-order chi connectivity index (χ1) is 12.4. The Hall–Kier alpha value is -2.12. The normalized spacial score (nSPS) is 16.0. The van der Waals surface area contributed by atoms with Crippen LogP contribution in [0.4, 0.5) is 4.79 Å². The van der Waals surface area contributed by atoms with E-state index in [9.17, 15) is 14.4 Å². The summed E-state index contributed by atoms with van der Waals surface area (Å²) in [6.45, 7) is 6.32. The number of benzene rings is 1. The Kier molecular flexibility index (Phi) is 7.41. The van der Waals surface area contributed by atoms with Crippen LogP contribution in [0, 0.1) is 0 Å². The third-order valence-corrected chi connectivity index (χ3v) is 4.69. The van der Waals surface area contributed by atoms with Gasteiger partial charge in [0.05, 0.1) is 12.5 Å². The molecule has 8 heteroatoms. The quantitative estimate of drug-likeness (QED) is 0.805. The predicted molar refractivity (Wildman–Crippen MR) is 100.0 cm³/mol. The summed E-state index contributed by atoms with van der Waals surface area (Å²) in [6, 6.07) is 6.34. The zero-order valence-corrected chi connectivity index (χ0v) is 15.9. The molecule has 7 nitrogen and oxygen atoms in total. The molecule has 142 valence electrons. The van der Waals surface area contributed by atoms with Crippen molar-refractivity contribution in [1.29, 1.82) is 0 Å². The van der Waals surface area contributed by atoms with Crippen LogP contribution in [0.2, 0.25) is 5.02 Å². The Morgan fingerprint density at radius 1 is 1.12 bits per heavy atom. The maximum absolute atomic E-state index is 12.4. The van der Waals surface area contributed by atoms with Crippen molar-refractivity contribution >= 4 is 29.4 Å². The van der Waals surface area contributed by atoms with E-state index in [0.29, 0.717) is 44.2 Å². The number of carbonyl (C=O) groups excluding carboxylic acids is 3. The molecule has 26 heavy (non-hydrogen) atoms. The Morgan fingerprint density at radius 3 is 2.31 bits per heavy atom. The largest absolute Gasteiger partial charge is 0.340 e. The fourth-order valence-electron chi connectivity index (χ4n) is 2.83. The second-order valence-corrected chi connectivity index (χ2v) is 6.68. The fraction of sp³-hybridized carbons (Fsp3) is 0.500. The molecule has 1 aromatic rings. The zero-order valence-electron chi connectivity index (χ0n) is 15.1. The van der Waals surface area contributed by atoms with Crippen LogP contribution in [0.25, 0.3) is 0 Å². The van der Waals surface area contributed by atoms with Gasteiger partial charge in [0.2, 0.25) is 11.8 Å². The zero-order chi connectivity index (χ0) is 19.1. The molecule has 4 amide bonds. The molecular formula is C18H25ClN4O3. The Labute approximate surface area is 158 Å². The molecule has 2 rings (SSSR count). The Morgan fingerprint density at radius 2 is 1.73 bits per heavy atom. The van der Waals surface area contributed by atoms with Crippen LogP contribution < -0.4 is 10.6 Å². The molecule has 1 fully saturated rings. The summed E-state index contributed by atoms with van der Waals surface area (Å²) in [5.41, 5.74) is 0.927. The lowest BCUT2D eigenvalue weighted by molar-refractivity contribution is -0.133. The van der Waals surface area contributed by atoms with Crippen molar-refractivity contribution in [2.75, 3.05) is 32.7 Å². The van der Waals surface area contributed by atoms with Crippen molar-refractivity contribution in [3.05, 3.63) is 34.9 Å². The first kappa shape index (κ1) is 20.2. The van der Waals surface area contributed by atoms with Gasteiger partial charge in [0.25, 0.3) is 0 Å². The van der Waals surface area contributed by atoms with Crippen LogP contribution in [0.5, 0.6) is 0 Å². The van der Waals surface area contributed by atoms with Gasteiger partial charge in [-0.25, -0.2) is 4.79 Å². The molecule has 0 spiro atoms. The molecule has 1 heterocycles. The number of hydrogen-bond acceptors (Lipinski definition) is 4. The van der Waals surface area contributed by atoms with E-state index in [1.165, 1.54) is 0 Å². The molecule has 1 aliphatic heterocycles. The first-order valence-corrected chi connectivity index (χ1v) is 9.13. The summed E-state index contributed by atoms with van der Waals surface area (Å²) >= 11 is 5.86. The average Bonchev–Trinajstić information content (AvgIpc) is 2.63. The molecule has 0 radical (unpaired) electrons. The van der Waals surface area contributed by atoms with Crippen molar-refractivity contribution < 1.29 is 14.4 Å². The molecule has 0 aliphatic carbocycles. The number of nitrogens with one attached hydrogen (secondary N) is 2. The number of hydrogen-bond donors (Lipinski definition) is 2. The van der Waals surface area contributed by atoms with Crippen LogP contribution in [0.1, 0.15) is 19.4 Å². The highest BCUT2D eigenvalue weighted by Crippen LogP contribution is 2.12. The molecule has 1 saturated heterocycles. The molecule has 1 aliphatic rings. The van der Waals surface area contributed by atoms with E-state index in [4.69, 9.17) is 11.6 Å². The first-order valence-electron chi connectivity index (χ1n) is 8.75. The third-order valence-electron chi connectivity index (χ3n) is 4.44. The van der Waals surface area contributed by atoms with Crippen LogP contribution in [-0.2, 0) is 16.0 Å². The number of piperazine rings is 1. The van der Waals surface area contributed by atoms with E-state index in [0.717, 1.165) is 5.56 Å². The summed E-state index contributed by atoms with van der Waals surface area (Å²) in [4.78, 5) is 39.8. The highest BCUT2D eigenvalue weighted by Gasteiger charge is 2.28. The maximum Gasteiger partial charge on any atom is 0.321 e. The number of rotatable bonds is 5. The van der Waals surface area contributed by atoms with Gasteiger partial charge in [0.1, 0.15) is 0 Å². The van der Waals surface area contributed by atoms with Crippen molar-refractivity contribution in [1.82, 2.24) is 20.4 Å². The van der Waals surface area contributed by atoms with Gasteiger partial charge in [-0.1, -0.05) is 23.7 Å². The van der Waals surface area contributed by atoms with Crippen LogP contribution in [-0.4, -0.2) is 66.4 Å². The Bertz CT molecular complexity index is 642. The molecule has 1 atom stereocenters. The summed E-state index contributed by atoms with van der Waals surface area (Å²) in [5, 5.41) is 5.51. The van der Waals surface area contributed by atoms with Crippen LogP contribution in [0.15, 0.2) is 24.3 Å². The van der Waals surface area contributed by atoms with Gasteiger partial charge in [-0.15, -0.1) is 0 Å². The Balaban J connectivity index is 1.80. The molecule has 2 N–H and O–H groups in total. The van der Waals surface area contributed by atoms with Crippen molar-refractivity contribution in [3.63, 3.8) is 0 Å². The number of nitrogens with zero attached hydrogens (tertiary/aromatic N) is 2. The van der Waals surface area contributed by atoms with Crippen molar-refractivity contribution in [2.45, 2.75) is 26.3 Å². The lowest BCUT2D eigenvalue weighted by Gasteiger charge is -2.37.